The van der Waals surface area contributed by atoms with Crippen molar-refractivity contribution in [2.45, 2.75) is 107 Å². The van der Waals surface area contributed by atoms with Crippen LogP contribution in [0.3, 0.4) is 0 Å². The third-order valence-electron chi connectivity index (χ3n) is 6.57. The summed E-state index contributed by atoms with van der Waals surface area (Å²) in [6.07, 6.45) is 1.76. The first-order valence-corrected chi connectivity index (χ1v) is 12.8. The average Bonchev–Trinajstić information content (AvgIpc) is 2.88. The van der Waals surface area contributed by atoms with E-state index in [1.807, 2.05) is 48.5 Å². The van der Waals surface area contributed by atoms with Crippen LogP contribution < -0.4 is 10.8 Å². The molecule has 9 heteroatoms. The highest BCUT2D eigenvalue weighted by Gasteiger charge is 2.51. The normalized spacial score (nSPS) is 25.4. The minimum Gasteiger partial charge on any atom is -0.444 e. The van der Waals surface area contributed by atoms with Gasteiger partial charge in [-0.1, -0.05) is 12.1 Å². The van der Waals surface area contributed by atoms with Crippen LogP contribution in [0.5, 0.6) is 0 Å². The minimum atomic E-state index is -3.45. The van der Waals surface area contributed by atoms with Crippen LogP contribution in [0.1, 0.15) is 74.1 Å². The van der Waals surface area contributed by atoms with Gasteiger partial charge in [-0.15, -0.1) is 0 Å². The lowest BCUT2D eigenvalue weighted by Crippen LogP contribution is -2.42. The molecule has 1 amide bonds. The van der Waals surface area contributed by atoms with Crippen LogP contribution >= 0.6 is 0 Å². The summed E-state index contributed by atoms with van der Waals surface area (Å²) in [6.45, 7) is 13.4. The molecule has 178 valence electrons. The summed E-state index contributed by atoms with van der Waals surface area (Å²) in [6, 6.07) is 6.75. The van der Waals surface area contributed by atoms with Crippen molar-refractivity contribution in [3.63, 3.8) is 0 Å². The maximum Gasteiger partial charge on any atom is 0.494 e. The number of carbonyl (C=O) groups is 1. The van der Waals surface area contributed by atoms with E-state index >= 15 is 0 Å². The summed E-state index contributed by atoms with van der Waals surface area (Å²) in [4.78, 5) is 12.3. The van der Waals surface area contributed by atoms with E-state index in [-0.39, 0.29) is 6.04 Å². The van der Waals surface area contributed by atoms with Gasteiger partial charge in [-0.25, -0.2) is 13.2 Å². The Morgan fingerprint density at radius 3 is 1.97 bits per heavy atom. The maximum atomic E-state index is 13.2. The van der Waals surface area contributed by atoms with Crippen molar-refractivity contribution in [2.75, 3.05) is 0 Å². The Labute approximate surface area is 192 Å². The molecule has 1 aromatic rings. The van der Waals surface area contributed by atoms with Crippen molar-refractivity contribution < 1.29 is 27.3 Å². The van der Waals surface area contributed by atoms with Gasteiger partial charge in [0.15, 0.2) is 9.84 Å². The van der Waals surface area contributed by atoms with E-state index in [1.165, 1.54) is 0 Å². The third-order valence-corrected chi connectivity index (χ3v) is 8.85. The standard InChI is InChI=1S/C23H36BNO6S/c1-21(2,3)29-20(26)25-17-10-14-19(15-11-17)32(27,28)18-12-8-16(9-13-18)24-30-22(4,5)23(6,7)31-24/h8-9,12-13,17,19H,10-11,14-15H2,1-7H3,(H,25,26)/t17-,19-. The molecule has 1 aliphatic carbocycles. The lowest BCUT2D eigenvalue weighted by molar-refractivity contribution is 0.00578. The average molecular weight is 465 g/mol. The van der Waals surface area contributed by atoms with Gasteiger partial charge in [0.05, 0.1) is 21.3 Å². The fourth-order valence-electron chi connectivity index (χ4n) is 3.98. The lowest BCUT2D eigenvalue weighted by atomic mass is 9.79. The minimum absolute atomic E-state index is 0.0675. The molecule has 1 N–H and O–H groups in total. The first kappa shape index (κ1) is 25.1. The number of rotatable bonds is 4. The fraction of sp³-hybridized carbons (Fsp3) is 0.696. The van der Waals surface area contributed by atoms with Crippen LogP contribution in [0, 0.1) is 0 Å². The third kappa shape index (κ3) is 5.49. The number of alkyl carbamates (subject to hydrolysis) is 1. The molecule has 7 nitrogen and oxygen atoms in total. The zero-order valence-corrected chi connectivity index (χ0v) is 21.0. The molecular weight excluding hydrogens is 429 g/mol. The van der Waals surface area contributed by atoms with Crippen LogP contribution in [-0.2, 0) is 23.9 Å². The Kier molecular flexibility index (Phi) is 6.77. The molecule has 0 radical (unpaired) electrons. The van der Waals surface area contributed by atoms with E-state index in [4.69, 9.17) is 14.0 Å². The highest BCUT2D eigenvalue weighted by molar-refractivity contribution is 7.92. The van der Waals surface area contributed by atoms with Crippen molar-refractivity contribution in [3.8, 4) is 0 Å². The first-order valence-electron chi connectivity index (χ1n) is 11.3. The predicted octanol–water partition coefficient (Wildman–Crippen LogP) is 3.60. The number of nitrogens with one attached hydrogen (secondary N) is 1. The van der Waals surface area contributed by atoms with E-state index in [1.54, 1.807) is 24.3 Å². The van der Waals surface area contributed by atoms with Crippen LogP contribution in [0.2, 0.25) is 0 Å². The summed E-state index contributed by atoms with van der Waals surface area (Å²) >= 11 is 0. The summed E-state index contributed by atoms with van der Waals surface area (Å²) in [5.41, 5.74) is -0.660. The number of hydrogen-bond acceptors (Lipinski definition) is 6. The van der Waals surface area contributed by atoms with Crippen LogP contribution in [0.4, 0.5) is 4.79 Å². The highest BCUT2D eigenvalue weighted by Crippen LogP contribution is 2.36. The molecule has 0 spiro atoms. The van der Waals surface area contributed by atoms with E-state index in [2.05, 4.69) is 5.32 Å². The van der Waals surface area contributed by atoms with Crippen molar-refractivity contribution in [1.82, 2.24) is 5.32 Å². The molecule has 32 heavy (non-hydrogen) atoms. The SMILES string of the molecule is CC(C)(C)OC(=O)N[C@H]1CC[C@H](S(=O)(=O)c2ccc(B3OC(C)(C)C(C)(C)O3)cc2)CC1. The van der Waals surface area contributed by atoms with Gasteiger partial charge in [0, 0.05) is 6.04 Å². The molecular formula is C23H36BNO6S. The number of amides is 1. The van der Waals surface area contributed by atoms with Gasteiger partial charge in [-0.05, 0) is 91.7 Å². The van der Waals surface area contributed by atoms with Crippen LogP contribution in [-0.4, -0.2) is 49.7 Å². The zero-order valence-electron chi connectivity index (χ0n) is 20.2. The van der Waals surface area contributed by atoms with Gasteiger partial charge in [0.25, 0.3) is 0 Å². The number of carbonyl (C=O) groups excluding carboxylic acids is 1. The number of sulfone groups is 1. The Morgan fingerprint density at radius 2 is 1.50 bits per heavy atom. The molecule has 1 saturated heterocycles. The first-order chi connectivity index (χ1) is 14.6. The second-order valence-corrected chi connectivity index (χ2v) is 13.1. The Balaban J connectivity index is 1.60. The maximum absolute atomic E-state index is 13.2. The van der Waals surface area contributed by atoms with E-state index in [0.29, 0.717) is 30.6 Å². The van der Waals surface area contributed by atoms with Gasteiger partial charge < -0.3 is 19.4 Å². The largest absolute Gasteiger partial charge is 0.494 e. The molecule has 0 bridgehead atoms. The van der Waals surface area contributed by atoms with Crippen molar-refractivity contribution in [1.29, 1.82) is 0 Å². The van der Waals surface area contributed by atoms with Crippen LogP contribution in [0.25, 0.3) is 0 Å². The molecule has 1 heterocycles. The molecule has 1 saturated carbocycles. The van der Waals surface area contributed by atoms with Gasteiger partial charge in [-0.3, -0.25) is 0 Å². The molecule has 2 aliphatic rings. The predicted molar refractivity (Wildman–Crippen MR) is 125 cm³/mol. The quantitative estimate of drug-likeness (QED) is 0.684. The van der Waals surface area contributed by atoms with Gasteiger partial charge in [-0.2, -0.15) is 0 Å². The van der Waals surface area contributed by atoms with Crippen molar-refractivity contribution in [3.05, 3.63) is 24.3 Å². The molecule has 0 aromatic heterocycles. The summed E-state index contributed by atoms with van der Waals surface area (Å²) < 4.78 is 43.7. The Bertz CT molecular complexity index is 912. The smallest absolute Gasteiger partial charge is 0.444 e. The van der Waals surface area contributed by atoms with Gasteiger partial charge in [0.1, 0.15) is 5.60 Å². The molecule has 0 atom stereocenters. The van der Waals surface area contributed by atoms with Crippen LogP contribution in [0.15, 0.2) is 29.2 Å². The second kappa shape index (κ2) is 8.65. The Hall–Kier alpha value is -1.58. The van der Waals surface area contributed by atoms with Crippen molar-refractivity contribution in [2.24, 2.45) is 0 Å². The molecule has 1 aliphatic heterocycles. The summed E-state index contributed by atoms with van der Waals surface area (Å²) in [7, 11) is -3.98. The Morgan fingerprint density at radius 1 is 1.00 bits per heavy atom. The second-order valence-electron chi connectivity index (χ2n) is 10.8. The monoisotopic (exact) mass is 465 g/mol. The topological polar surface area (TPSA) is 90.9 Å². The zero-order chi connectivity index (χ0) is 23.9. The number of ether oxygens (including phenoxy) is 1. The van der Waals surface area contributed by atoms with E-state index in [9.17, 15) is 13.2 Å². The summed E-state index contributed by atoms with van der Waals surface area (Å²) in [5, 5.41) is 2.40. The number of benzene rings is 1. The molecule has 1 aromatic carbocycles. The van der Waals surface area contributed by atoms with Gasteiger partial charge >= 0.3 is 13.2 Å². The van der Waals surface area contributed by atoms with E-state index < -0.39 is 45.1 Å². The van der Waals surface area contributed by atoms with Gasteiger partial charge in [0.2, 0.25) is 0 Å². The molecule has 0 unspecified atom stereocenters. The molecule has 3 rings (SSSR count). The fourth-order valence-corrected chi connectivity index (χ4v) is 5.77. The lowest BCUT2D eigenvalue weighted by Gasteiger charge is -2.32. The van der Waals surface area contributed by atoms with Crippen molar-refractivity contribution >= 4 is 28.5 Å². The summed E-state index contributed by atoms with van der Waals surface area (Å²) in [5.74, 6) is 0. The van der Waals surface area contributed by atoms with E-state index in [0.717, 1.165) is 5.46 Å². The highest BCUT2D eigenvalue weighted by atomic mass is 32.2. The molecule has 2 fully saturated rings. The number of hydrogen-bond donors (Lipinski definition) is 1.